The number of hydrogen-bond acceptors (Lipinski definition) is 6. The summed E-state index contributed by atoms with van der Waals surface area (Å²) in [4.78, 5) is 22.2. The van der Waals surface area contributed by atoms with Crippen molar-refractivity contribution in [1.29, 1.82) is 5.41 Å². The summed E-state index contributed by atoms with van der Waals surface area (Å²) in [5.41, 5.74) is 5.21. The van der Waals surface area contributed by atoms with Crippen LogP contribution in [0, 0.1) is 15.5 Å². The number of Topliss-reactive ketones (excluding diaryl/α,β-unsaturated/α-hetero) is 1. The molecular weight excluding hydrogens is 270 g/mol. The van der Waals surface area contributed by atoms with Crippen molar-refractivity contribution in [2.24, 2.45) is 5.73 Å². The number of nitrogens with zero attached hydrogens (tertiary/aromatic N) is 1. The standard InChI is InChI=1S/C11H13N3O4S/c12-11(13)19-9(4-5-15)10(16)7-2-1-3-8(6-7)14(17)18/h1-3,6,9,15H,4-5H2,(H3,12,13). The van der Waals surface area contributed by atoms with Crippen LogP contribution >= 0.6 is 11.8 Å². The first-order valence-electron chi connectivity index (χ1n) is 5.36. The topological polar surface area (TPSA) is 130 Å². The molecule has 0 fully saturated rings. The highest BCUT2D eigenvalue weighted by Crippen LogP contribution is 2.21. The van der Waals surface area contributed by atoms with Crippen LogP contribution in [0.2, 0.25) is 0 Å². The van der Waals surface area contributed by atoms with Crippen molar-refractivity contribution in [3.8, 4) is 0 Å². The Labute approximate surface area is 113 Å². The van der Waals surface area contributed by atoms with Crippen LogP contribution in [0.4, 0.5) is 5.69 Å². The molecule has 1 rings (SSSR count). The number of thioether (sulfide) groups is 1. The van der Waals surface area contributed by atoms with E-state index in [-0.39, 0.29) is 29.4 Å². The molecule has 0 amide bonds. The van der Waals surface area contributed by atoms with Gasteiger partial charge in [0.15, 0.2) is 11.0 Å². The largest absolute Gasteiger partial charge is 0.396 e. The number of carbonyl (C=O) groups is 1. The zero-order valence-electron chi connectivity index (χ0n) is 9.91. The van der Waals surface area contributed by atoms with Gasteiger partial charge in [0.05, 0.1) is 10.2 Å². The summed E-state index contributed by atoms with van der Waals surface area (Å²) in [6.07, 6.45) is 0.131. The molecule has 1 unspecified atom stereocenters. The molecule has 0 heterocycles. The molecular formula is C11H13N3O4S. The third-order valence-corrected chi connectivity index (χ3v) is 3.28. The lowest BCUT2D eigenvalue weighted by atomic mass is 10.1. The Morgan fingerprint density at radius 3 is 2.79 bits per heavy atom. The first-order chi connectivity index (χ1) is 8.95. The molecule has 0 saturated carbocycles. The van der Waals surface area contributed by atoms with Crippen molar-refractivity contribution in [2.45, 2.75) is 11.7 Å². The van der Waals surface area contributed by atoms with Crippen LogP contribution in [0.5, 0.6) is 0 Å². The number of benzene rings is 1. The highest BCUT2D eigenvalue weighted by atomic mass is 32.2. The molecule has 1 aromatic rings. The Balaban J connectivity index is 2.98. The molecule has 0 aromatic heterocycles. The van der Waals surface area contributed by atoms with E-state index in [1.807, 2.05) is 0 Å². The van der Waals surface area contributed by atoms with Gasteiger partial charge in [0, 0.05) is 24.3 Å². The van der Waals surface area contributed by atoms with Crippen LogP contribution in [0.15, 0.2) is 24.3 Å². The van der Waals surface area contributed by atoms with Crippen molar-refractivity contribution in [3.05, 3.63) is 39.9 Å². The molecule has 4 N–H and O–H groups in total. The van der Waals surface area contributed by atoms with Gasteiger partial charge in [-0.15, -0.1) is 0 Å². The van der Waals surface area contributed by atoms with Gasteiger partial charge in [0.2, 0.25) is 0 Å². The fourth-order valence-corrected chi connectivity index (χ4v) is 2.25. The average molecular weight is 283 g/mol. The second kappa shape index (κ2) is 6.86. The number of aliphatic hydroxyl groups is 1. The first-order valence-corrected chi connectivity index (χ1v) is 6.24. The minimum atomic E-state index is -0.718. The van der Waals surface area contributed by atoms with E-state index in [9.17, 15) is 14.9 Å². The van der Waals surface area contributed by atoms with Crippen molar-refractivity contribution in [1.82, 2.24) is 0 Å². The lowest BCUT2D eigenvalue weighted by Crippen LogP contribution is -2.23. The van der Waals surface area contributed by atoms with Gasteiger partial charge in [-0.05, 0) is 6.42 Å². The molecule has 0 bridgehead atoms. The van der Waals surface area contributed by atoms with E-state index in [0.717, 1.165) is 11.8 Å². The number of ketones is 1. The lowest BCUT2D eigenvalue weighted by molar-refractivity contribution is -0.384. The quantitative estimate of drug-likeness (QED) is 0.236. The molecule has 8 heteroatoms. The summed E-state index contributed by atoms with van der Waals surface area (Å²) >= 11 is 0.823. The van der Waals surface area contributed by atoms with Crippen LogP contribution in [-0.2, 0) is 0 Å². The zero-order valence-corrected chi connectivity index (χ0v) is 10.7. The maximum atomic E-state index is 12.1. The van der Waals surface area contributed by atoms with Crippen LogP contribution in [0.1, 0.15) is 16.8 Å². The van der Waals surface area contributed by atoms with Crippen LogP contribution in [-0.4, -0.2) is 32.8 Å². The van der Waals surface area contributed by atoms with Gasteiger partial charge in [0.25, 0.3) is 5.69 Å². The van der Waals surface area contributed by atoms with Crippen molar-refractivity contribution >= 4 is 28.4 Å². The van der Waals surface area contributed by atoms with Crippen molar-refractivity contribution < 1.29 is 14.8 Å². The number of nitrogens with one attached hydrogen (secondary N) is 1. The molecule has 7 nitrogen and oxygen atoms in total. The minimum absolute atomic E-state index is 0.131. The molecule has 0 aliphatic carbocycles. The Morgan fingerprint density at radius 1 is 1.58 bits per heavy atom. The van der Waals surface area contributed by atoms with E-state index >= 15 is 0 Å². The molecule has 0 aliphatic heterocycles. The molecule has 1 aromatic carbocycles. The third kappa shape index (κ3) is 4.34. The van der Waals surface area contributed by atoms with Gasteiger partial charge < -0.3 is 10.8 Å². The summed E-state index contributed by atoms with van der Waals surface area (Å²) in [6, 6.07) is 5.34. The Morgan fingerprint density at radius 2 is 2.26 bits per heavy atom. The van der Waals surface area contributed by atoms with Gasteiger partial charge in [0.1, 0.15) is 0 Å². The van der Waals surface area contributed by atoms with Crippen LogP contribution in [0.3, 0.4) is 0 Å². The van der Waals surface area contributed by atoms with Gasteiger partial charge in [-0.2, -0.15) is 0 Å². The highest BCUT2D eigenvalue weighted by molar-refractivity contribution is 8.14. The Hall–Kier alpha value is -1.93. The molecule has 0 spiro atoms. The van der Waals surface area contributed by atoms with Gasteiger partial charge in [-0.25, -0.2) is 0 Å². The number of non-ortho nitro benzene ring substituents is 1. The fraction of sp³-hybridized carbons (Fsp3) is 0.273. The molecule has 19 heavy (non-hydrogen) atoms. The maximum Gasteiger partial charge on any atom is 0.270 e. The van der Waals surface area contributed by atoms with E-state index in [1.165, 1.54) is 24.3 Å². The predicted octanol–water partition coefficient (Wildman–Crippen LogP) is 1.16. The fourth-order valence-electron chi connectivity index (χ4n) is 1.47. The molecule has 0 saturated heterocycles. The van der Waals surface area contributed by atoms with E-state index in [1.54, 1.807) is 0 Å². The molecule has 102 valence electrons. The number of hydrogen-bond donors (Lipinski definition) is 3. The lowest BCUT2D eigenvalue weighted by Gasteiger charge is -2.12. The number of carbonyl (C=O) groups excluding carboxylic acids is 1. The van der Waals surface area contributed by atoms with Crippen molar-refractivity contribution in [2.75, 3.05) is 6.61 Å². The van der Waals surface area contributed by atoms with E-state index in [4.69, 9.17) is 16.2 Å². The zero-order chi connectivity index (χ0) is 14.4. The Bertz CT molecular complexity index is 506. The van der Waals surface area contributed by atoms with E-state index in [2.05, 4.69) is 0 Å². The van der Waals surface area contributed by atoms with E-state index in [0.29, 0.717) is 0 Å². The normalized spacial score (nSPS) is 11.8. The second-order valence-corrected chi connectivity index (χ2v) is 4.90. The first kappa shape index (κ1) is 15.1. The summed E-state index contributed by atoms with van der Waals surface area (Å²) in [6.45, 7) is -0.231. The third-order valence-electron chi connectivity index (χ3n) is 2.29. The SMILES string of the molecule is N=C(N)SC(CCO)C(=O)c1cccc([N+](=O)[O-])c1. The van der Waals surface area contributed by atoms with Crippen LogP contribution in [0.25, 0.3) is 0 Å². The van der Waals surface area contributed by atoms with Crippen molar-refractivity contribution in [3.63, 3.8) is 0 Å². The van der Waals surface area contributed by atoms with E-state index < -0.39 is 16.0 Å². The van der Waals surface area contributed by atoms with Gasteiger partial charge in [-0.3, -0.25) is 20.3 Å². The number of aliphatic hydroxyl groups excluding tert-OH is 1. The number of rotatable bonds is 6. The monoisotopic (exact) mass is 283 g/mol. The van der Waals surface area contributed by atoms with Gasteiger partial charge in [-0.1, -0.05) is 23.9 Å². The number of amidine groups is 1. The minimum Gasteiger partial charge on any atom is -0.396 e. The number of nitro benzene ring substituents is 1. The molecule has 1 atom stereocenters. The highest BCUT2D eigenvalue weighted by Gasteiger charge is 2.22. The summed E-state index contributed by atoms with van der Waals surface area (Å²) in [5.74, 6) is -0.391. The second-order valence-electron chi connectivity index (χ2n) is 3.65. The Kier molecular flexibility index (Phi) is 5.46. The summed E-state index contributed by atoms with van der Waals surface area (Å²) < 4.78 is 0. The smallest absolute Gasteiger partial charge is 0.270 e. The predicted molar refractivity (Wildman–Crippen MR) is 72.4 cm³/mol. The summed E-state index contributed by atoms with van der Waals surface area (Å²) in [7, 11) is 0. The van der Waals surface area contributed by atoms with Gasteiger partial charge >= 0.3 is 0 Å². The average Bonchev–Trinajstić information content (AvgIpc) is 2.37. The summed E-state index contributed by atoms with van der Waals surface area (Å²) in [5, 5.41) is 25.8. The maximum absolute atomic E-state index is 12.1. The molecule has 0 aliphatic rings. The number of nitro groups is 1. The van der Waals surface area contributed by atoms with Crippen LogP contribution < -0.4 is 5.73 Å². The molecule has 0 radical (unpaired) electrons. The number of nitrogens with two attached hydrogens (primary N) is 1.